The molecule has 1 aliphatic heterocycles. The summed E-state index contributed by atoms with van der Waals surface area (Å²) < 4.78 is 0. The van der Waals surface area contributed by atoms with Crippen molar-refractivity contribution >= 4 is 11.7 Å². The molecule has 2 aromatic rings. The molecule has 3 heterocycles. The van der Waals surface area contributed by atoms with Gasteiger partial charge in [-0.05, 0) is 43.3 Å². The third kappa shape index (κ3) is 4.51. The second kappa shape index (κ2) is 8.02. The molecule has 7 heteroatoms. The van der Waals surface area contributed by atoms with Gasteiger partial charge in [-0.1, -0.05) is 0 Å². The van der Waals surface area contributed by atoms with Crippen molar-refractivity contribution in [1.29, 1.82) is 0 Å². The third-order valence-electron chi connectivity index (χ3n) is 4.54. The predicted octanol–water partition coefficient (Wildman–Crippen LogP) is 0.938. The number of likely N-dealkylation sites (N-methyl/N-ethyl adjacent to an activating group) is 2. The first kappa shape index (κ1) is 17.3. The fraction of sp³-hybridized carbons (Fsp3) is 0.444. The summed E-state index contributed by atoms with van der Waals surface area (Å²) in [7, 11) is 4.05. The van der Waals surface area contributed by atoms with Gasteiger partial charge < -0.3 is 14.7 Å². The summed E-state index contributed by atoms with van der Waals surface area (Å²) in [4.78, 5) is 22.6. The summed E-state index contributed by atoms with van der Waals surface area (Å²) in [5.41, 5.74) is 1.65. The van der Waals surface area contributed by atoms with Gasteiger partial charge in [0.05, 0.1) is 0 Å². The molecule has 7 nitrogen and oxygen atoms in total. The van der Waals surface area contributed by atoms with E-state index in [9.17, 15) is 4.79 Å². The number of pyridine rings is 1. The van der Waals surface area contributed by atoms with Crippen molar-refractivity contribution in [1.82, 2.24) is 25.0 Å². The molecule has 0 unspecified atom stereocenters. The van der Waals surface area contributed by atoms with Crippen LogP contribution < -0.4 is 4.90 Å². The number of carbonyl (C=O) groups is 1. The van der Waals surface area contributed by atoms with E-state index in [1.807, 2.05) is 35.0 Å². The maximum Gasteiger partial charge on any atom is 0.274 e. The van der Waals surface area contributed by atoms with Crippen LogP contribution in [0.3, 0.4) is 0 Å². The van der Waals surface area contributed by atoms with Crippen LogP contribution >= 0.6 is 0 Å². The lowest BCUT2D eigenvalue weighted by Gasteiger charge is -2.32. The second-order valence-electron chi connectivity index (χ2n) is 6.40. The molecular weight excluding hydrogens is 316 g/mol. The van der Waals surface area contributed by atoms with Gasteiger partial charge in [-0.25, -0.2) is 0 Å². The zero-order valence-corrected chi connectivity index (χ0v) is 14.8. The predicted molar refractivity (Wildman–Crippen MR) is 96.6 cm³/mol. The zero-order valence-electron chi connectivity index (χ0n) is 14.8. The molecule has 1 saturated heterocycles. The monoisotopic (exact) mass is 340 g/mol. The molecule has 0 spiro atoms. The number of amides is 1. The van der Waals surface area contributed by atoms with Gasteiger partial charge in [0.1, 0.15) is 0 Å². The molecule has 0 N–H and O–H groups in total. The molecular formula is C18H24N6O. The maximum absolute atomic E-state index is 12.5. The molecule has 1 fully saturated rings. The average molecular weight is 340 g/mol. The number of hydrogen-bond acceptors (Lipinski definition) is 6. The quantitative estimate of drug-likeness (QED) is 0.807. The van der Waals surface area contributed by atoms with E-state index in [-0.39, 0.29) is 5.91 Å². The van der Waals surface area contributed by atoms with Crippen LogP contribution in [0.25, 0.3) is 0 Å². The fourth-order valence-electron chi connectivity index (χ4n) is 2.78. The van der Waals surface area contributed by atoms with E-state index in [0.717, 1.165) is 45.0 Å². The van der Waals surface area contributed by atoms with E-state index < -0.39 is 0 Å². The first-order valence-electron chi connectivity index (χ1n) is 8.55. The van der Waals surface area contributed by atoms with Crippen molar-refractivity contribution in [3.63, 3.8) is 0 Å². The highest BCUT2D eigenvalue weighted by molar-refractivity contribution is 5.92. The first-order chi connectivity index (χ1) is 12.1. The fourth-order valence-corrected chi connectivity index (χ4v) is 2.78. The molecule has 25 heavy (non-hydrogen) atoms. The lowest BCUT2D eigenvalue weighted by Crippen LogP contribution is -2.47. The molecule has 1 amide bonds. The minimum Gasteiger partial charge on any atom is -0.358 e. The zero-order chi connectivity index (χ0) is 17.6. The van der Waals surface area contributed by atoms with E-state index in [1.165, 1.54) is 5.56 Å². The lowest BCUT2D eigenvalue weighted by molar-refractivity contribution is 0.0657. The number of nitrogens with zero attached hydrogens (tertiary/aromatic N) is 6. The van der Waals surface area contributed by atoms with E-state index in [1.54, 1.807) is 18.5 Å². The van der Waals surface area contributed by atoms with Gasteiger partial charge in [-0.3, -0.25) is 9.78 Å². The Kier molecular flexibility index (Phi) is 5.55. The third-order valence-corrected chi connectivity index (χ3v) is 4.54. The van der Waals surface area contributed by atoms with E-state index in [4.69, 9.17) is 0 Å². The summed E-state index contributed by atoms with van der Waals surface area (Å²) >= 11 is 0. The largest absolute Gasteiger partial charge is 0.358 e. The van der Waals surface area contributed by atoms with E-state index in [0.29, 0.717) is 5.69 Å². The Morgan fingerprint density at radius 1 is 1.08 bits per heavy atom. The SMILES string of the molecule is CN1CCN(C(=O)c2ccc(N(C)CCc3ccncc3)nn2)CC1. The van der Waals surface area contributed by atoms with Gasteiger partial charge in [0.25, 0.3) is 5.91 Å². The minimum atomic E-state index is -0.0356. The van der Waals surface area contributed by atoms with Gasteiger partial charge in [-0.15, -0.1) is 10.2 Å². The summed E-state index contributed by atoms with van der Waals surface area (Å²) in [5, 5.41) is 8.37. The van der Waals surface area contributed by atoms with Crippen LogP contribution in [-0.4, -0.2) is 77.7 Å². The number of piperazine rings is 1. The molecule has 132 valence electrons. The molecule has 0 radical (unpaired) electrons. The topological polar surface area (TPSA) is 65.5 Å². The van der Waals surface area contributed by atoms with Gasteiger partial charge in [0.15, 0.2) is 11.5 Å². The Morgan fingerprint density at radius 3 is 2.44 bits per heavy atom. The number of anilines is 1. The van der Waals surface area contributed by atoms with Crippen molar-refractivity contribution < 1.29 is 4.79 Å². The van der Waals surface area contributed by atoms with Crippen molar-refractivity contribution in [3.8, 4) is 0 Å². The van der Waals surface area contributed by atoms with E-state index >= 15 is 0 Å². The molecule has 0 bridgehead atoms. The molecule has 0 saturated carbocycles. The maximum atomic E-state index is 12.5. The Morgan fingerprint density at radius 2 is 1.80 bits per heavy atom. The van der Waals surface area contributed by atoms with Crippen molar-refractivity contribution in [2.24, 2.45) is 0 Å². The minimum absolute atomic E-state index is 0.0356. The average Bonchev–Trinajstić information content (AvgIpc) is 2.67. The molecule has 0 aliphatic carbocycles. The van der Waals surface area contributed by atoms with Crippen molar-refractivity contribution in [2.45, 2.75) is 6.42 Å². The van der Waals surface area contributed by atoms with Crippen LogP contribution in [0.15, 0.2) is 36.7 Å². The molecule has 1 aliphatic rings. The highest BCUT2D eigenvalue weighted by Crippen LogP contribution is 2.11. The first-order valence-corrected chi connectivity index (χ1v) is 8.55. The highest BCUT2D eigenvalue weighted by atomic mass is 16.2. The number of hydrogen-bond donors (Lipinski definition) is 0. The van der Waals surface area contributed by atoms with Crippen LogP contribution in [0.5, 0.6) is 0 Å². The summed E-state index contributed by atoms with van der Waals surface area (Å²) in [6, 6.07) is 7.66. The smallest absolute Gasteiger partial charge is 0.274 e. The van der Waals surface area contributed by atoms with Crippen LogP contribution in [0, 0.1) is 0 Å². The van der Waals surface area contributed by atoms with Gasteiger partial charge in [-0.2, -0.15) is 0 Å². The van der Waals surface area contributed by atoms with Crippen LogP contribution in [-0.2, 0) is 6.42 Å². The van der Waals surface area contributed by atoms with Gasteiger partial charge >= 0.3 is 0 Å². The van der Waals surface area contributed by atoms with Crippen molar-refractivity contribution in [3.05, 3.63) is 47.9 Å². The Bertz CT molecular complexity index is 682. The number of rotatable bonds is 5. The standard InChI is InChI=1S/C18H24N6O/c1-22-11-13-24(14-12-22)18(25)16-3-4-17(21-20-16)23(2)10-7-15-5-8-19-9-6-15/h3-6,8-9H,7,10-14H2,1-2H3. The van der Waals surface area contributed by atoms with Crippen LogP contribution in [0.1, 0.15) is 16.1 Å². The normalized spacial score (nSPS) is 15.2. The number of aromatic nitrogens is 3. The molecule has 3 rings (SSSR count). The lowest BCUT2D eigenvalue weighted by atomic mass is 10.2. The Balaban J connectivity index is 1.56. The van der Waals surface area contributed by atoms with Gasteiger partial charge in [0, 0.05) is 52.2 Å². The Hall–Kier alpha value is -2.54. The van der Waals surface area contributed by atoms with Crippen LogP contribution in [0.2, 0.25) is 0 Å². The summed E-state index contributed by atoms with van der Waals surface area (Å²) in [5.74, 6) is 0.732. The molecule has 0 atom stereocenters. The summed E-state index contributed by atoms with van der Waals surface area (Å²) in [6.45, 7) is 4.10. The Labute approximate surface area is 148 Å². The molecule has 0 aromatic carbocycles. The van der Waals surface area contributed by atoms with Crippen molar-refractivity contribution in [2.75, 3.05) is 51.7 Å². The van der Waals surface area contributed by atoms with Gasteiger partial charge in [0.2, 0.25) is 0 Å². The van der Waals surface area contributed by atoms with Crippen LogP contribution in [0.4, 0.5) is 5.82 Å². The number of carbonyl (C=O) groups excluding carboxylic acids is 1. The van der Waals surface area contributed by atoms with E-state index in [2.05, 4.69) is 27.1 Å². The molecule has 2 aromatic heterocycles. The highest BCUT2D eigenvalue weighted by Gasteiger charge is 2.21. The second-order valence-corrected chi connectivity index (χ2v) is 6.40. The summed E-state index contributed by atoms with van der Waals surface area (Å²) in [6.07, 6.45) is 4.50.